The largest absolute Gasteiger partial charge is 0.366 e. The third-order valence-electron chi connectivity index (χ3n) is 4.90. The fraction of sp³-hybridized carbons (Fsp3) is 0.556. The number of nitrogens with two attached hydrogens (primary N) is 1. The van der Waals surface area contributed by atoms with Crippen LogP contribution in [0.1, 0.15) is 60.5 Å². The molecule has 1 unspecified atom stereocenters. The number of hydrogen-bond acceptors (Lipinski definition) is 3. The summed E-state index contributed by atoms with van der Waals surface area (Å²) in [6.07, 6.45) is 7.77. The van der Waals surface area contributed by atoms with Gasteiger partial charge in [-0.1, -0.05) is 43.5 Å². The second-order valence-corrected chi connectivity index (χ2v) is 8.44. The second kappa shape index (κ2) is 9.28. The van der Waals surface area contributed by atoms with Gasteiger partial charge in [-0.05, 0) is 46.5 Å². The molecule has 0 aromatic heterocycles. The summed E-state index contributed by atoms with van der Waals surface area (Å²) in [5, 5.41) is 1.15. The molecule has 1 aliphatic carbocycles. The van der Waals surface area contributed by atoms with Gasteiger partial charge in [0, 0.05) is 17.3 Å². The molecule has 0 radical (unpaired) electrons. The van der Waals surface area contributed by atoms with Crippen LogP contribution in [-0.4, -0.2) is 34.8 Å². The molecular weight excluding hydrogens is 422 g/mol. The third-order valence-corrected chi connectivity index (χ3v) is 6.69. The molecule has 1 saturated carbocycles. The van der Waals surface area contributed by atoms with Crippen molar-refractivity contribution < 1.29 is 4.79 Å². The van der Waals surface area contributed by atoms with Gasteiger partial charge in [0.15, 0.2) is 5.17 Å². The van der Waals surface area contributed by atoms with Crippen LogP contribution in [0.4, 0.5) is 0 Å². The van der Waals surface area contributed by atoms with Crippen molar-refractivity contribution in [3.05, 3.63) is 33.8 Å². The van der Waals surface area contributed by atoms with E-state index in [0.717, 1.165) is 15.4 Å². The van der Waals surface area contributed by atoms with Crippen LogP contribution in [0.25, 0.3) is 0 Å². The first kappa shape index (κ1) is 20.6. The van der Waals surface area contributed by atoms with Crippen LogP contribution in [0, 0.1) is 0 Å². The molecule has 2 aliphatic rings. The minimum absolute atomic E-state index is 0. The van der Waals surface area contributed by atoms with E-state index < -0.39 is 5.91 Å². The van der Waals surface area contributed by atoms with Gasteiger partial charge in [0.05, 0.1) is 17.6 Å². The van der Waals surface area contributed by atoms with E-state index in [1.165, 1.54) is 44.1 Å². The summed E-state index contributed by atoms with van der Waals surface area (Å²) in [4.78, 5) is 18.7. The topological polar surface area (TPSA) is 58.7 Å². The first-order chi connectivity index (χ1) is 11.6. The quantitative estimate of drug-likeness (QED) is 0.680. The first-order valence-electron chi connectivity index (χ1n) is 8.59. The second-order valence-electron chi connectivity index (χ2n) is 6.60. The third kappa shape index (κ3) is 4.92. The Kier molecular flexibility index (Phi) is 7.65. The molecule has 1 aliphatic heterocycles. The first-order valence-corrected chi connectivity index (χ1v) is 10.4. The fourth-order valence-electron chi connectivity index (χ4n) is 3.43. The number of thioether (sulfide) groups is 1. The molecule has 1 aromatic carbocycles. The van der Waals surface area contributed by atoms with Crippen LogP contribution in [-0.2, 0) is 0 Å². The Morgan fingerprint density at radius 3 is 2.56 bits per heavy atom. The Balaban J connectivity index is 0.00000225. The number of amides is 1. The summed E-state index contributed by atoms with van der Waals surface area (Å²) in [7, 11) is 2.12. The van der Waals surface area contributed by atoms with Crippen molar-refractivity contribution in [3.8, 4) is 0 Å². The maximum Gasteiger partial charge on any atom is 0.249 e. The zero-order valence-electron chi connectivity index (χ0n) is 14.4. The number of primary amides is 1. The SMILES string of the molecule is CN1C(=NC2CCCCCC2)SCC1c1ccc(C(N)=O)c(Br)c1.Cl. The molecule has 2 fully saturated rings. The molecule has 0 bridgehead atoms. The Morgan fingerprint density at radius 1 is 1.28 bits per heavy atom. The zero-order chi connectivity index (χ0) is 17.1. The molecule has 1 amide bonds. The van der Waals surface area contributed by atoms with Crippen LogP contribution >= 0.6 is 40.1 Å². The van der Waals surface area contributed by atoms with E-state index in [1.807, 2.05) is 23.9 Å². The summed E-state index contributed by atoms with van der Waals surface area (Å²) in [6, 6.07) is 6.59. The van der Waals surface area contributed by atoms with E-state index in [9.17, 15) is 4.79 Å². The highest BCUT2D eigenvalue weighted by molar-refractivity contribution is 9.10. The lowest BCUT2D eigenvalue weighted by Gasteiger charge is -2.23. The van der Waals surface area contributed by atoms with E-state index in [4.69, 9.17) is 10.7 Å². The Hall–Kier alpha value is -0.720. The van der Waals surface area contributed by atoms with E-state index in [-0.39, 0.29) is 18.4 Å². The van der Waals surface area contributed by atoms with Crippen molar-refractivity contribution >= 4 is 51.2 Å². The van der Waals surface area contributed by atoms with E-state index in [2.05, 4.69) is 27.9 Å². The average Bonchev–Trinajstić information content (AvgIpc) is 2.75. The number of hydrogen-bond donors (Lipinski definition) is 1. The minimum Gasteiger partial charge on any atom is -0.366 e. The van der Waals surface area contributed by atoms with Crippen LogP contribution in [0.5, 0.6) is 0 Å². The lowest BCUT2D eigenvalue weighted by molar-refractivity contribution is 0.0999. The summed E-state index contributed by atoms with van der Waals surface area (Å²) < 4.78 is 0.764. The number of benzene rings is 1. The lowest BCUT2D eigenvalue weighted by atomic mass is 10.1. The van der Waals surface area contributed by atoms with Crippen LogP contribution in [0.2, 0.25) is 0 Å². The van der Waals surface area contributed by atoms with Gasteiger partial charge in [-0.15, -0.1) is 12.4 Å². The van der Waals surface area contributed by atoms with Gasteiger partial charge in [-0.25, -0.2) is 0 Å². The maximum absolute atomic E-state index is 11.4. The predicted octanol–water partition coefficient (Wildman–Crippen LogP) is 4.77. The molecule has 25 heavy (non-hydrogen) atoms. The van der Waals surface area contributed by atoms with Gasteiger partial charge in [-0.3, -0.25) is 9.79 Å². The number of carbonyl (C=O) groups excluding carboxylic acids is 1. The smallest absolute Gasteiger partial charge is 0.249 e. The van der Waals surface area contributed by atoms with Gasteiger partial charge >= 0.3 is 0 Å². The van der Waals surface area contributed by atoms with Crippen molar-refractivity contribution in [3.63, 3.8) is 0 Å². The number of nitrogens with zero attached hydrogens (tertiary/aromatic N) is 2. The number of carbonyl (C=O) groups is 1. The van der Waals surface area contributed by atoms with Gasteiger partial charge in [-0.2, -0.15) is 0 Å². The van der Waals surface area contributed by atoms with Crippen LogP contribution < -0.4 is 5.73 Å². The molecule has 1 heterocycles. The van der Waals surface area contributed by atoms with E-state index in [1.54, 1.807) is 6.07 Å². The molecule has 0 spiro atoms. The van der Waals surface area contributed by atoms with Gasteiger partial charge in [0.2, 0.25) is 5.91 Å². The highest BCUT2D eigenvalue weighted by Crippen LogP contribution is 2.36. The van der Waals surface area contributed by atoms with E-state index in [0.29, 0.717) is 11.6 Å². The summed E-state index contributed by atoms with van der Waals surface area (Å²) >= 11 is 5.30. The van der Waals surface area contributed by atoms with Crippen molar-refractivity contribution in [2.24, 2.45) is 10.7 Å². The molecule has 3 rings (SSSR count). The van der Waals surface area contributed by atoms with Crippen LogP contribution in [0.3, 0.4) is 0 Å². The lowest BCUT2D eigenvalue weighted by Crippen LogP contribution is -2.24. The van der Waals surface area contributed by atoms with Gasteiger partial charge in [0.25, 0.3) is 0 Å². The van der Waals surface area contributed by atoms with Crippen LogP contribution in [0.15, 0.2) is 27.7 Å². The van der Waals surface area contributed by atoms with Crippen molar-refractivity contribution in [2.75, 3.05) is 12.8 Å². The number of amidine groups is 1. The Labute approximate surface area is 168 Å². The van der Waals surface area contributed by atoms with Gasteiger partial charge in [0.1, 0.15) is 0 Å². The van der Waals surface area contributed by atoms with Crippen molar-refractivity contribution in [2.45, 2.75) is 50.6 Å². The zero-order valence-corrected chi connectivity index (χ0v) is 17.6. The summed E-state index contributed by atoms with van der Waals surface area (Å²) in [5.74, 6) is 0.586. The molecule has 138 valence electrons. The van der Waals surface area contributed by atoms with Crippen molar-refractivity contribution in [1.82, 2.24) is 4.90 Å². The maximum atomic E-state index is 11.4. The fourth-order valence-corrected chi connectivity index (χ4v) is 5.30. The monoisotopic (exact) mass is 445 g/mol. The summed E-state index contributed by atoms with van der Waals surface area (Å²) in [5.41, 5.74) is 7.10. The minimum atomic E-state index is -0.404. The Morgan fingerprint density at radius 2 is 1.96 bits per heavy atom. The predicted molar refractivity (Wildman–Crippen MR) is 112 cm³/mol. The molecule has 1 aromatic rings. The molecule has 1 atom stereocenters. The molecule has 4 nitrogen and oxygen atoms in total. The van der Waals surface area contributed by atoms with Gasteiger partial charge < -0.3 is 10.6 Å². The Bertz CT molecular complexity index is 647. The average molecular weight is 447 g/mol. The number of halogens is 2. The molecule has 7 heteroatoms. The number of rotatable bonds is 3. The molecular formula is C18H25BrClN3OS. The highest BCUT2D eigenvalue weighted by Gasteiger charge is 2.29. The van der Waals surface area contributed by atoms with Crippen molar-refractivity contribution in [1.29, 1.82) is 0 Å². The highest BCUT2D eigenvalue weighted by atomic mass is 79.9. The summed E-state index contributed by atoms with van der Waals surface area (Å²) in [6.45, 7) is 0. The molecule has 2 N–H and O–H groups in total. The number of aliphatic imine (C=N–C) groups is 1. The normalized spacial score (nSPS) is 23.4. The molecule has 1 saturated heterocycles. The van der Waals surface area contributed by atoms with E-state index >= 15 is 0 Å². The standard InChI is InChI=1S/C18H24BrN3OS.ClH/c1-22-16(12-8-9-14(17(20)23)15(19)10-12)11-24-18(22)21-13-6-4-2-3-5-7-13;/h8-10,13,16H,2-7,11H2,1H3,(H2,20,23);1H.